The summed E-state index contributed by atoms with van der Waals surface area (Å²) in [5, 5.41) is 6.45. The van der Waals surface area contributed by atoms with E-state index in [-0.39, 0.29) is 5.91 Å². The number of ether oxygens (including phenoxy) is 1. The Morgan fingerprint density at radius 2 is 2.24 bits per heavy atom. The van der Waals surface area contributed by atoms with Crippen molar-refractivity contribution in [1.82, 2.24) is 10.3 Å². The van der Waals surface area contributed by atoms with E-state index in [0.717, 1.165) is 12.1 Å². The number of fused-ring (bicyclic) bond motifs is 1. The third-order valence-corrected chi connectivity index (χ3v) is 3.74. The van der Waals surface area contributed by atoms with Gasteiger partial charge in [-0.25, -0.2) is 5.43 Å². The Balaban J connectivity index is 2.28. The molecule has 1 aliphatic rings. The first kappa shape index (κ1) is 18.6. The van der Waals surface area contributed by atoms with E-state index in [1.54, 1.807) is 18.3 Å². The third kappa shape index (κ3) is 4.88. The summed E-state index contributed by atoms with van der Waals surface area (Å²) in [5.74, 6) is -0.374. The van der Waals surface area contributed by atoms with Crippen LogP contribution in [0.4, 0.5) is 11.4 Å². The number of likely N-dealkylation sites (N-methyl/N-ethyl adjacent to an activating group) is 1. The summed E-state index contributed by atoms with van der Waals surface area (Å²) >= 11 is 0. The van der Waals surface area contributed by atoms with Crippen molar-refractivity contribution in [3.63, 3.8) is 0 Å². The second-order valence-electron chi connectivity index (χ2n) is 5.57. The van der Waals surface area contributed by atoms with Gasteiger partial charge < -0.3 is 20.7 Å². The molecule has 8 nitrogen and oxygen atoms in total. The fourth-order valence-corrected chi connectivity index (χ4v) is 2.47. The Morgan fingerprint density at radius 3 is 2.96 bits per heavy atom. The van der Waals surface area contributed by atoms with Crippen molar-refractivity contribution in [2.24, 2.45) is 5.10 Å². The number of nitrogen functional groups attached to an aromatic ring is 1. The maximum Gasteiger partial charge on any atom is 0.272 e. The summed E-state index contributed by atoms with van der Waals surface area (Å²) in [4.78, 5) is 25.0. The molecule has 0 bridgehead atoms. The molecular weight excluding hydrogens is 322 g/mol. The van der Waals surface area contributed by atoms with Crippen LogP contribution in [-0.2, 0) is 9.53 Å². The van der Waals surface area contributed by atoms with Crippen molar-refractivity contribution < 1.29 is 14.3 Å². The highest BCUT2D eigenvalue weighted by Gasteiger charge is 2.20. The lowest BCUT2D eigenvalue weighted by Gasteiger charge is -2.16. The fourth-order valence-electron chi connectivity index (χ4n) is 2.47. The minimum absolute atomic E-state index is 0.366. The van der Waals surface area contributed by atoms with Crippen LogP contribution >= 0.6 is 0 Å². The van der Waals surface area contributed by atoms with Crippen LogP contribution in [0.5, 0.6) is 0 Å². The molecule has 1 aromatic rings. The quantitative estimate of drug-likeness (QED) is 0.369. The number of hydrogen-bond acceptors (Lipinski definition) is 6. The first-order chi connectivity index (χ1) is 12.1. The summed E-state index contributed by atoms with van der Waals surface area (Å²) in [7, 11) is 1.98. The topological polar surface area (TPSA) is 109 Å². The second kappa shape index (κ2) is 8.95. The first-order valence-corrected chi connectivity index (χ1v) is 8.00. The lowest BCUT2D eigenvalue weighted by Crippen LogP contribution is -2.23. The molecule has 0 aromatic heterocycles. The maximum absolute atomic E-state index is 12.2. The Hall–Kier alpha value is -2.71. The van der Waals surface area contributed by atoms with Crippen LogP contribution in [0.1, 0.15) is 22.8 Å². The Labute approximate surface area is 146 Å². The maximum atomic E-state index is 12.2. The number of nitrogens with two attached hydrogens (primary N) is 1. The molecule has 0 unspecified atom stereocenters. The molecule has 0 saturated carbocycles. The van der Waals surface area contributed by atoms with Crippen LogP contribution in [0, 0.1) is 0 Å². The van der Waals surface area contributed by atoms with Crippen LogP contribution in [0.2, 0.25) is 0 Å². The molecule has 1 heterocycles. The largest absolute Gasteiger partial charge is 0.398 e. The number of carbonyl (C=O) groups excluding carboxylic acids is 2. The highest BCUT2D eigenvalue weighted by Crippen LogP contribution is 2.30. The molecule has 0 atom stereocenters. The van der Waals surface area contributed by atoms with Crippen molar-refractivity contribution >= 4 is 35.5 Å². The molecule has 2 amide bonds. The van der Waals surface area contributed by atoms with Gasteiger partial charge in [-0.05, 0) is 26.1 Å². The van der Waals surface area contributed by atoms with E-state index in [1.165, 1.54) is 0 Å². The zero-order valence-corrected chi connectivity index (χ0v) is 14.4. The smallest absolute Gasteiger partial charge is 0.272 e. The number of allylic oxidation sites excluding steroid dienone is 1. The lowest BCUT2D eigenvalue weighted by atomic mass is 9.96. The zero-order chi connectivity index (χ0) is 18.2. The van der Waals surface area contributed by atoms with E-state index in [1.807, 2.05) is 20.0 Å². The number of rotatable bonds is 8. The van der Waals surface area contributed by atoms with Crippen molar-refractivity contribution in [3.05, 3.63) is 29.3 Å². The van der Waals surface area contributed by atoms with Gasteiger partial charge >= 0.3 is 0 Å². The molecule has 0 spiro atoms. The number of anilines is 2. The summed E-state index contributed by atoms with van der Waals surface area (Å²) in [6.45, 7) is 4.74. The van der Waals surface area contributed by atoms with Crippen LogP contribution in [0.25, 0.3) is 5.57 Å². The molecule has 0 radical (unpaired) electrons. The highest BCUT2D eigenvalue weighted by molar-refractivity contribution is 6.18. The third-order valence-electron chi connectivity index (χ3n) is 3.74. The van der Waals surface area contributed by atoms with Crippen LogP contribution in [0.15, 0.2) is 23.3 Å². The summed E-state index contributed by atoms with van der Waals surface area (Å²) < 4.78 is 5.34. The average molecular weight is 345 g/mol. The van der Waals surface area contributed by atoms with Gasteiger partial charge in [0.05, 0.1) is 18.4 Å². The molecule has 4 N–H and O–H groups in total. The molecule has 0 saturated heterocycles. The van der Waals surface area contributed by atoms with Gasteiger partial charge in [0.2, 0.25) is 6.41 Å². The van der Waals surface area contributed by atoms with Crippen LogP contribution in [-0.4, -0.2) is 56.8 Å². The van der Waals surface area contributed by atoms with E-state index in [2.05, 4.69) is 20.7 Å². The molecule has 134 valence electrons. The van der Waals surface area contributed by atoms with E-state index < -0.39 is 0 Å². The van der Waals surface area contributed by atoms with Gasteiger partial charge in [-0.1, -0.05) is 6.08 Å². The number of benzene rings is 1. The average Bonchev–Trinajstić information content (AvgIpc) is 2.73. The van der Waals surface area contributed by atoms with Crippen molar-refractivity contribution in [3.8, 4) is 0 Å². The molecule has 1 aliphatic heterocycles. The summed E-state index contributed by atoms with van der Waals surface area (Å²) in [6, 6.07) is 3.20. The minimum atomic E-state index is -0.374. The highest BCUT2D eigenvalue weighted by atomic mass is 16.5. The molecule has 8 heteroatoms. The van der Waals surface area contributed by atoms with Gasteiger partial charge in [0.1, 0.15) is 0 Å². The Kier molecular flexibility index (Phi) is 6.67. The van der Waals surface area contributed by atoms with E-state index in [4.69, 9.17) is 10.5 Å². The minimum Gasteiger partial charge on any atom is -0.398 e. The van der Waals surface area contributed by atoms with Gasteiger partial charge in [0.25, 0.3) is 5.91 Å². The van der Waals surface area contributed by atoms with Gasteiger partial charge in [-0.3, -0.25) is 9.59 Å². The van der Waals surface area contributed by atoms with Crippen LogP contribution < -0.4 is 16.5 Å². The fraction of sp³-hybridized carbons (Fsp3) is 0.353. The lowest BCUT2D eigenvalue weighted by molar-refractivity contribution is -0.105. The number of nitrogens with zero attached hydrogens (tertiary/aromatic N) is 2. The van der Waals surface area contributed by atoms with Gasteiger partial charge in [-0.2, -0.15) is 5.10 Å². The number of amides is 2. The zero-order valence-electron chi connectivity index (χ0n) is 14.4. The molecule has 0 fully saturated rings. The normalized spacial score (nSPS) is 15.0. The molecule has 2 rings (SSSR count). The summed E-state index contributed by atoms with van der Waals surface area (Å²) in [5.41, 5.74) is 11.1. The van der Waals surface area contributed by atoms with E-state index in [9.17, 15) is 9.59 Å². The van der Waals surface area contributed by atoms with E-state index >= 15 is 0 Å². The standard InChI is InChI=1S/C17H23N5O3/c1-3-25-7-6-22(2)5-4-12-10-20-21-17(24)14-8-13(19-11-23)9-15(18)16(12)14/h4,8-11H,3,5-7,18H2,1-2H3,(H,19,23)(H,21,24)/b12-4+. The monoisotopic (exact) mass is 345 g/mol. The molecule has 25 heavy (non-hydrogen) atoms. The molecular formula is C17H23N5O3. The van der Waals surface area contributed by atoms with Crippen molar-refractivity contribution in [2.45, 2.75) is 6.92 Å². The second-order valence-corrected chi connectivity index (χ2v) is 5.57. The number of nitrogens with one attached hydrogen (secondary N) is 2. The van der Waals surface area contributed by atoms with Crippen LogP contribution in [0.3, 0.4) is 0 Å². The first-order valence-electron chi connectivity index (χ1n) is 8.00. The number of hydrogen-bond donors (Lipinski definition) is 3. The van der Waals surface area contributed by atoms with Gasteiger partial charge in [-0.15, -0.1) is 0 Å². The Bertz CT molecular complexity index is 700. The SMILES string of the molecule is CCOCCN(C)C/C=C1\C=NNC(=O)c2cc(NC=O)cc(N)c21. The van der Waals surface area contributed by atoms with Crippen molar-refractivity contribution in [1.29, 1.82) is 0 Å². The molecule has 1 aromatic carbocycles. The number of carbonyl (C=O) groups is 2. The Morgan fingerprint density at radius 1 is 1.44 bits per heavy atom. The summed E-state index contributed by atoms with van der Waals surface area (Å²) in [6.07, 6.45) is 4.07. The van der Waals surface area contributed by atoms with Crippen molar-refractivity contribution in [2.75, 3.05) is 44.4 Å². The number of hydrazone groups is 1. The van der Waals surface area contributed by atoms with Gasteiger partial charge in [0, 0.05) is 42.2 Å². The van der Waals surface area contributed by atoms with E-state index in [0.29, 0.717) is 48.7 Å². The predicted octanol–water partition coefficient (Wildman–Crippen LogP) is 0.918. The van der Waals surface area contributed by atoms with Gasteiger partial charge in [0.15, 0.2) is 0 Å². The molecule has 0 aliphatic carbocycles. The predicted molar refractivity (Wildman–Crippen MR) is 98.5 cm³/mol.